The van der Waals surface area contributed by atoms with E-state index >= 15 is 0 Å². The SMILES string of the molecule is Cc1ccccc1[C@H](NC(=S)Nc1ccc(Cl)c(C(F)(F)F)c1)C(C)C. The predicted molar refractivity (Wildman–Crippen MR) is 105 cm³/mol. The number of hydrogen-bond donors (Lipinski definition) is 2. The number of hydrogen-bond acceptors (Lipinski definition) is 1. The van der Waals surface area contributed by atoms with Crippen LogP contribution in [0.1, 0.15) is 36.6 Å². The van der Waals surface area contributed by atoms with Crippen LogP contribution < -0.4 is 10.6 Å². The molecule has 0 aliphatic rings. The van der Waals surface area contributed by atoms with Gasteiger partial charge in [-0.15, -0.1) is 0 Å². The first kappa shape index (κ1) is 20.5. The van der Waals surface area contributed by atoms with Crippen molar-refractivity contribution in [3.8, 4) is 0 Å². The molecule has 0 aliphatic heterocycles. The molecule has 7 heteroatoms. The van der Waals surface area contributed by atoms with Crippen LogP contribution in [0.4, 0.5) is 18.9 Å². The number of rotatable bonds is 4. The predicted octanol–water partition coefficient (Wildman–Crippen LogP) is 6.35. The average Bonchev–Trinajstić information content (AvgIpc) is 2.54. The topological polar surface area (TPSA) is 24.1 Å². The van der Waals surface area contributed by atoms with Crippen LogP contribution in [-0.4, -0.2) is 5.11 Å². The van der Waals surface area contributed by atoms with Crippen LogP contribution in [0, 0.1) is 12.8 Å². The lowest BCUT2D eigenvalue weighted by Gasteiger charge is -2.26. The highest BCUT2D eigenvalue weighted by Crippen LogP contribution is 2.36. The summed E-state index contributed by atoms with van der Waals surface area (Å²) in [7, 11) is 0. The highest BCUT2D eigenvalue weighted by molar-refractivity contribution is 7.80. The molecule has 0 bridgehead atoms. The van der Waals surface area contributed by atoms with Gasteiger partial charge in [-0.05, 0) is 54.4 Å². The standard InChI is InChI=1S/C19H20ClF3N2S/c1-11(2)17(14-7-5-4-6-12(14)3)25-18(26)24-13-8-9-16(20)15(10-13)19(21,22)23/h4-11,17H,1-3H3,(H2,24,25,26)/t17-/m1/s1. The zero-order chi connectivity index (χ0) is 19.5. The molecular formula is C19H20ClF3N2S. The molecule has 140 valence electrons. The van der Waals surface area contributed by atoms with Crippen molar-refractivity contribution in [1.82, 2.24) is 5.32 Å². The molecule has 0 aromatic heterocycles. The molecule has 0 unspecified atom stereocenters. The molecule has 0 fully saturated rings. The zero-order valence-corrected chi connectivity index (χ0v) is 16.2. The molecule has 0 heterocycles. The van der Waals surface area contributed by atoms with Gasteiger partial charge in [0.15, 0.2) is 5.11 Å². The highest BCUT2D eigenvalue weighted by Gasteiger charge is 2.33. The van der Waals surface area contributed by atoms with E-state index in [0.29, 0.717) is 0 Å². The Bertz CT molecular complexity index is 791. The van der Waals surface area contributed by atoms with Gasteiger partial charge < -0.3 is 10.6 Å². The number of anilines is 1. The van der Waals surface area contributed by atoms with Gasteiger partial charge in [-0.3, -0.25) is 0 Å². The Kier molecular flexibility index (Phi) is 6.53. The molecule has 0 amide bonds. The summed E-state index contributed by atoms with van der Waals surface area (Å²) >= 11 is 11.0. The van der Waals surface area contributed by atoms with Gasteiger partial charge in [0.05, 0.1) is 16.6 Å². The van der Waals surface area contributed by atoms with Crippen molar-refractivity contribution in [3.63, 3.8) is 0 Å². The van der Waals surface area contributed by atoms with Gasteiger partial charge in [0.25, 0.3) is 0 Å². The van der Waals surface area contributed by atoms with E-state index in [-0.39, 0.29) is 27.8 Å². The van der Waals surface area contributed by atoms with Gasteiger partial charge in [0.2, 0.25) is 0 Å². The molecule has 0 spiro atoms. The summed E-state index contributed by atoms with van der Waals surface area (Å²) in [5, 5.41) is 5.93. The van der Waals surface area contributed by atoms with Crippen LogP contribution >= 0.6 is 23.8 Å². The fourth-order valence-corrected chi connectivity index (χ4v) is 3.14. The van der Waals surface area contributed by atoms with Gasteiger partial charge in [0.1, 0.15) is 0 Å². The van der Waals surface area contributed by atoms with Crippen LogP contribution in [0.15, 0.2) is 42.5 Å². The largest absolute Gasteiger partial charge is 0.417 e. The Morgan fingerprint density at radius 2 is 1.77 bits per heavy atom. The molecule has 26 heavy (non-hydrogen) atoms. The maximum Gasteiger partial charge on any atom is 0.417 e. The molecule has 2 aromatic rings. The van der Waals surface area contributed by atoms with Gasteiger partial charge >= 0.3 is 6.18 Å². The average molecular weight is 401 g/mol. The van der Waals surface area contributed by atoms with Crippen LogP contribution in [0.3, 0.4) is 0 Å². The summed E-state index contributed by atoms with van der Waals surface area (Å²) in [6, 6.07) is 11.5. The summed E-state index contributed by atoms with van der Waals surface area (Å²) in [6.07, 6.45) is -4.52. The summed E-state index contributed by atoms with van der Waals surface area (Å²) < 4.78 is 39.0. The molecule has 2 nitrogen and oxygen atoms in total. The molecule has 0 saturated carbocycles. The number of benzene rings is 2. The lowest BCUT2D eigenvalue weighted by Crippen LogP contribution is -2.35. The molecule has 0 saturated heterocycles. The van der Waals surface area contributed by atoms with Crippen LogP contribution in [-0.2, 0) is 6.18 Å². The van der Waals surface area contributed by atoms with E-state index in [1.807, 2.05) is 31.2 Å². The number of aryl methyl sites for hydroxylation is 1. The number of halogens is 4. The first-order valence-electron chi connectivity index (χ1n) is 8.09. The summed E-state index contributed by atoms with van der Waals surface area (Å²) in [6.45, 7) is 6.12. The van der Waals surface area contributed by atoms with Crippen LogP contribution in [0.5, 0.6) is 0 Å². The molecular weight excluding hydrogens is 381 g/mol. The molecule has 0 radical (unpaired) electrons. The number of alkyl halides is 3. The van der Waals surface area contributed by atoms with Gasteiger partial charge in [0, 0.05) is 5.69 Å². The third-order valence-electron chi connectivity index (χ3n) is 4.01. The quantitative estimate of drug-likeness (QED) is 0.584. The van der Waals surface area contributed by atoms with Crippen LogP contribution in [0.2, 0.25) is 5.02 Å². The van der Waals surface area contributed by atoms with Gasteiger partial charge in [-0.1, -0.05) is 49.7 Å². The van der Waals surface area contributed by atoms with Crippen molar-refractivity contribution in [2.75, 3.05) is 5.32 Å². The Morgan fingerprint density at radius 3 is 2.35 bits per heavy atom. The van der Waals surface area contributed by atoms with Crippen molar-refractivity contribution in [2.45, 2.75) is 33.0 Å². The number of thiocarbonyl (C=S) groups is 1. The van der Waals surface area contributed by atoms with Crippen molar-refractivity contribution in [3.05, 3.63) is 64.2 Å². The third kappa shape index (κ3) is 5.11. The van der Waals surface area contributed by atoms with Gasteiger partial charge in [-0.2, -0.15) is 13.2 Å². The maximum absolute atomic E-state index is 13.0. The molecule has 2 rings (SSSR count). The van der Waals surface area contributed by atoms with Crippen molar-refractivity contribution < 1.29 is 13.2 Å². The van der Waals surface area contributed by atoms with Crippen molar-refractivity contribution >= 4 is 34.6 Å². The summed E-state index contributed by atoms with van der Waals surface area (Å²) in [4.78, 5) is 0. The van der Waals surface area contributed by atoms with E-state index in [0.717, 1.165) is 17.2 Å². The summed E-state index contributed by atoms with van der Waals surface area (Å²) in [5.74, 6) is 0.229. The van der Waals surface area contributed by atoms with Crippen molar-refractivity contribution in [1.29, 1.82) is 0 Å². The molecule has 2 N–H and O–H groups in total. The van der Waals surface area contributed by atoms with E-state index in [1.54, 1.807) is 0 Å². The lowest BCUT2D eigenvalue weighted by molar-refractivity contribution is -0.137. The van der Waals surface area contributed by atoms with Crippen LogP contribution in [0.25, 0.3) is 0 Å². The second-order valence-corrected chi connectivity index (χ2v) is 7.18. The smallest absolute Gasteiger partial charge is 0.355 e. The monoisotopic (exact) mass is 400 g/mol. The second kappa shape index (κ2) is 8.27. The minimum Gasteiger partial charge on any atom is -0.355 e. The minimum absolute atomic E-state index is 0.0643. The Labute approximate surface area is 161 Å². The molecule has 0 aliphatic carbocycles. The Hall–Kier alpha value is -1.79. The summed E-state index contributed by atoms with van der Waals surface area (Å²) in [5.41, 5.74) is 1.55. The van der Waals surface area contributed by atoms with E-state index < -0.39 is 11.7 Å². The maximum atomic E-state index is 13.0. The second-order valence-electron chi connectivity index (χ2n) is 6.37. The third-order valence-corrected chi connectivity index (χ3v) is 4.56. The highest BCUT2D eigenvalue weighted by atomic mass is 35.5. The lowest BCUT2D eigenvalue weighted by atomic mass is 9.93. The molecule has 1 atom stereocenters. The molecule has 2 aromatic carbocycles. The van der Waals surface area contributed by atoms with E-state index in [2.05, 4.69) is 24.5 Å². The Balaban J connectivity index is 2.18. The van der Waals surface area contributed by atoms with E-state index in [9.17, 15) is 13.2 Å². The fourth-order valence-electron chi connectivity index (χ4n) is 2.67. The van der Waals surface area contributed by atoms with Crippen molar-refractivity contribution in [2.24, 2.45) is 5.92 Å². The first-order chi connectivity index (χ1) is 12.1. The van der Waals surface area contributed by atoms with E-state index in [1.165, 1.54) is 12.1 Å². The van der Waals surface area contributed by atoms with E-state index in [4.69, 9.17) is 23.8 Å². The Morgan fingerprint density at radius 1 is 1.12 bits per heavy atom. The fraction of sp³-hybridized carbons (Fsp3) is 0.316. The van der Waals surface area contributed by atoms with Gasteiger partial charge in [-0.25, -0.2) is 0 Å². The number of nitrogens with one attached hydrogen (secondary N) is 2. The minimum atomic E-state index is -4.52. The normalized spacial score (nSPS) is 12.8. The first-order valence-corrected chi connectivity index (χ1v) is 8.88. The zero-order valence-electron chi connectivity index (χ0n) is 14.6.